The highest BCUT2D eigenvalue weighted by Gasteiger charge is 2.51. The third kappa shape index (κ3) is 9.55. The topological polar surface area (TPSA) is 323 Å². The summed E-state index contributed by atoms with van der Waals surface area (Å²) in [5, 5.41) is 107. The average molecular weight is 881 g/mol. The van der Waals surface area contributed by atoms with Crippen LogP contribution in [-0.2, 0) is 34.9 Å². The molecule has 4 heterocycles. The molecule has 3 saturated heterocycles. The molecule has 0 bridgehead atoms. The summed E-state index contributed by atoms with van der Waals surface area (Å²) in [5.41, 5.74) is -0.0532. The van der Waals surface area contributed by atoms with E-state index < -0.39 is 134 Å². The lowest BCUT2D eigenvalue weighted by atomic mass is 9.97. The molecule has 3 aromatic rings. The molecule has 342 valence electrons. The number of hydrogen-bond acceptors (Lipinski definition) is 21. The van der Waals surface area contributed by atoms with Crippen LogP contribution in [0.4, 0.5) is 0 Å². The number of aromatic hydroxyl groups is 1. The number of phenols is 1. The van der Waals surface area contributed by atoms with E-state index in [0.29, 0.717) is 5.75 Å². The largest absolute Gasteiger partial charge is 0.507 e. The maximum Gasteiger partial charge on any atom is 0.302 e. The average Bonchev–Trinajstić information content (AvgIpc) is 3.24. The molecule has 1 aromatic heterocycles. The van der Waals surface area contributed by atoms with Crippen LogP contribution >= 0.6 is 0 Å². The van der Waals surface area contributed by atoms with E-state index in [2.05, 4.69) is 0 Å². The molecule has 2 aromatic carbocycles. The fourth-order valence-electron chi connectivity index (χ4n) is 7.19. The molecule has 0 spiro atoms. The second-order valence-corrected chi connectivity index (χ2v) is 15.4. The summed E-state index contributed by atoms with van der Waals surface area (Å²) in [6, 6.07) is 7.17. The first-order chi connectivity index (χ1) is 29.4. The van der Waals surface area contributed by atoms with Crippen molar-refractivity contribution in [2.75, 3.05) is 20.3 Å². The molecule has 21 nitrogen and oxygen atoms in total. The van der Waals surface area contributed by atoms with Gasteiger partial charge in [0.1, 0.15) is 102 Å². The number of fused-ring (bicyclic) bond motifs is 1. The van der Waals surface area contributed by atoms with Gasteiger partial charge in [-0.25, -0.2) is 0 Å². The molecule has 3 aliphatic heterocycles. The van der Waals surface area contributed by atoms with Gasteiger partial charge in [-0.3, -0.25) is 9.59 Å². The van der Waals surface area contributed by atoms with Crippen LogP contribution in [0.5, 0.6) is 23.0 Å². The highest BCUT2D eigenvalue weighted by atomic mass is 16.7. The van der Waals surface area contributed by atoms with Gasteiger partial charge in [-0.2, -0.15) is 0 Å². The Kier molecular flexibility index (Phi) is 14.8. The minimum atomic E-state index is -1.98. The summed E-state index contributed by atoms with van der Waals surface area (Å²) in [6.07, 6.45) is -23.7. The Balaban J connectivity index is 1.43. The number of carbonyl (C=O) groups excluding carboxylic acids is 1. The van der Waals surface area contributed by atoms with Crippen LogP contribution in [0.15, 0.2) is 51.2 Å². The van der Waals surface area contributed by atoms with Gasteiger partial charge in [0.25, 0.3) is 0 Å². The van der Waals surface area contributed by atoms with Crippen molar-refractivity contribution in [3.63, 3.8) is 0 Å². The third-order valence-corrected chi connectivity index (χ3v) is 10.8. The van der Waals surface area contributed by atoms with Gasteiger partial charge in [-0.1, -0.05) is 11.6 Å². The predicted octanol–water partition coefficient (Wildman–Crippen LogP) is -1.54. The second-order valence-electron chi connectivity index (χ2n) is 15.4. The zero-order chi connectivity index (χ0) is 45.3. The smallest absolute Gasteiger partial charge is 0.302 e. The number of carbonyl (C=O) groups is 1. The Morgan fingerprint density at radius 3 is 2.00 bits per heavy atom. The van der Waals surface area contributed by atoms with Gasteiger partial charge in [0.2, 0.25) is 23.8 Å². The second kappa shape index (κ2) is 19.5. The van der Waals surface area contributed by atoms with Crippen LogP contribution in [0.1, 0.15) is 33.3 Å². The molecule has 15 atom stereocenters. The van der Waals surface area contributed by atoms with E-state index in [1.165, 1.54) is 26.2 Å². The number of esters is 1. The standard InChI is InChI=1S/C41H52O21/c1-15(2)6-11-20-22(57-39-32(51)30(49)27(46)23(13-42)58-39)12-21(44)25-29(48)38(35(60-36(20)25)18-7-9-19(54-5)10-8-18)62-41-34(53)37(26(45)16(3)56-41)61-40-33(52)31(50)28(47)24(59-40)14-55-17(4)43/h6-10,12,16,23-24,26-28,30-34,37,39-42,44-47,49-53H,11,13-14H2,1-5H3/t16-,23-,24-,26-,27+,28-,30-,31-,32+,33+,34-,37+,39+,40-,41-/m0/s1. The number of ether oxygens (including phenoxy) is 8. The summed E-state index contributed by atoms with van der Waals surface area (Å²) in [6.45, 7) is 4.79. The van der Waals surface area contributed by atoms with E-state index in [4.69, 9.17) is 42.3 Å². The van der Waals surface area contributed by atoms with Crippen LogP contribution in [0.3, 0.4) is 0 Å². The number of allylic oxidation sites excluding steroid dienone is 2. The zero-order valence-electron chi connectivity index (χ0n) is 34.2. The van der Waals surface area contributed by atoms with Crippen LogP contribution in [-0.4, -0.2) is 169 Å². The van der Waals surface area contributed by atoms with Crippen molar-refractivity contribution in [3.05, 3.63) is 57.8 Å². The zero-order valence-corrected chi connectivity index (χ0v) is 34.2. The normalized spacial score (nSPS) is 33.7. The number of methoxy groups -OCH3 is 1. The number of aliphatic hydroxyl groups is 9. The summed E-state index contributed by atoms with van der Waals surface area (Å²) >= 11 is 0. The Hall–Kier alpha value is -4.46. The first kappa shape index (κ1) is 47.0. The van der Waals surface area contributed by atoms with E-state index in [-0.39, 0.29) is 34.6 Å². The molecule has 0 amide bonds. The number of rotatable bonds is 13. The van der Waals surface area contributed by atoms with Crippen LogP contribution in [0, 0.1) is 0 Å². The van der Waals surface area contributed by atoms with Crippen molar-refractivity contribution in [3.8, 4) is 34.3 Å². The molecule has 62 heavy (non-hydrogen) atoms. The maximum absolute atomic E-state index is 14.7. The molecule has 0 aliphatic carbocycles. The Morgan fingerprint density at radius 2 is 1.39 bits per heavy atom. The van der Waals surface area contributed by atoms with Crippen molar-refractivity contribution in [1.29, 1.82) is 0 Å². The van der Waals surface area contributed by atoms with Gasteiger partial charge in [-0.15, -0.1) is 0 Å². The van der Waals surface area contributed by atoms with Gasteiger partial charge in [-0.05, 0) is 51.5 Å². The van der Waals surface area contributed by atoms with Crippen molar-refractivity contribution < 1.29 is 98.2 Å². The molecular formula is C41H52O21. The van der Waals surface area contributed by atoms with E-state index in [1.54, 1.807) is 32.1 Å². The van der Waals surface area contributed by atoms with Crippen molar-refractivity contribution >= 4 is 16.9 Å². The van der Waals surface area contributed by atoms with Gasteiger partial charge >= 0.3 is 5.97 Å². The van der Waals surface area contributed by atoms with Crippen LogP contribution < -0.4 is 19.6 Å². The van der Waals surface area contributed by atoms with Gasteiger partial charge in [0, 0.05) is 24.1 Å². The summed E-state index contributed by atoms with van der Waals surface area (Å²) in [5.74, 6) is -2.07. The third-order valence-electron chi connectivity index (χ3n) is 10.8. The molecule has 0 radical (unpaired) electrons. The predicted molar refractivity (Wildman–Crippen MR) is 209 cm³/mol. The lowest BCUT2D eigenvalue weighted by molar-refractivity contribution is -0.350. The molecule has 10 N–H and O–H groups in total. The number of aliphatic hydroxyl groups excluding tert-OH is 9. The Morgan fingerprint density at radius 1 is 0.774 bits per heavy atom. The van der Waals surface area contributed by atoms with Crippen molar-refractivity contribution in [1.82, 2.24) is 0 Å². The first-order valence-corrected chi connectivity index (χ1v) is 19.6. The fraction of sp³-hybridized carbons (Fsp3) is 0.561. The van der Waals surface area contributed by atoms with Crippen molar-refractivity contribution in [2.45, 2.75) is 126 Å². The molecule has 3 fully saturated rings. The van der Waals surface area contributed by atoms with Gasteiger partial charge in [0.05, 0.1) is 19.8 Å². The minimum Gasteiger partial charge on any atom is -0.507 e. The number of benzene rings is 2. The Bertz CT molecular complexity index is 2120. The lowest BCUT2D eigenvalue weighted by Crippen LogP contribution is -2.64. The molecule has 0 saturated carbocycles. The van der Waals surface area contributed by atoms with Crippen LogP contribution in [0.2, 0.25) is 0 Å². The van der Waals surface area contributed by atoms with Crippen molar-refractivity contribution in [2.24, 2.45) is 0 Å². The number of hydrogen-bond donors (Lipinski definition) is 10. The highest BCUT2D eigenvalue weighted by Crippen LogP contribution is 2.42. The highest BCUT2D eigenvalue weighted by molar-refractivity contribution is 5.91. The van der Waals surface area contributed by atoms with Crippen LogP contribution in [0.25, 0.3) is 22.3 Å². The van der Waals surface area contributed by atoms with E-state index in [9.17, 15) is 60.7 Å². The van der Waals surface area contributed by atoms with E-state index >= 15 is 0 Å². The lowest BCUT2D eigenvalue weighted by Gasteiger charge is -2.45. The summed E-state index contributed by atoms with van der Waals surface area (Å²) < 4.78 is 51.5. The first-order valence-electron chi connectivity index (χ1n) is 19.6. The fourth-order valence-corrected chi connectivity index (χ4v) is 7.19. The molecule has 0 unspecified atom stereocenters. The van der Waals surface area contributed by atoms with Gasteiger partial charge < -0.3 is 93.4 Å². The number of phenolic OH excluding ortho intramolecular Hbond substituents is 1. The molecule has 21 heteroatoms. The van der Waals surface area contributed by atoms with E-state index in [1.807, 2.05) is 0 Å². The maximum atomic E-state index is 14.7. The summed E-state index contributed by atoms with van der Waals surface area (Å²) in [7, 11) is 1.44. The Labute approximate surface area is 353 Å². The SMILES string of the molecule is COc1ccc(-c2oc3c(CC=C(C)C)c(O[C@@H]4O[C@@H](CO)[C@@H](O)[C@H](O)[C@H]4O)cc(O)c3c(=O)c2O[C@@H]2O[C@@H](C)[C@H](O)[C@@H](O[C@@H]3O[C@@H](COC(C)=O)[C@H](O)[C@H](O)[C@H]3O)[C@@H]2O)cc1. The van der Waals surface area contributed by atoms with Gasteiger partial charge in [0.15, 0.2) is 12.1 Å². The molecular weight excluding hydrogens is 828 g/mol. The van der Waals surface area contributed by atoms with E-state index in [0.717, 1.165) is 18.6 Å². The quantitative estimate of drug-likeness (QED) is 0.0687. The monoisotopic (exact) mass is 880 g/mol. The minimum absolute atomic E-state index is 0.00150. The molecule has 6 rings (SSSR count). The molecule has 3 aliphatic rings. The summed E-state index contributed by atoms with van der Waals surface area (Å²) in [4.78, 5) is 26.1.